The Morgan fingerprint density at radius 1 is 1.14 bits per heavy atom. The van der Waals surface area contributed by atoms with Crippen LogP contribution in [-0.2, 0) is 17.7 Å². The fourth-order valence-electron chi connectivity index (χ4n) is 6.32. The van der Waals surface area contributed by atoms with Crippen molar-refractivity contribution in [2.75, 3.05) is 26.5 Å². The third kappa shape index (κ3) is 3.22. The Morgan fingerprint density at radius 3 is 2.81 bits per heavy atom. The highest BCUT2D eigenvalue weighted by Gasteiger charge is 2.39. The second-order valence-corrected chi connectivity index (χ2v) is 10.4. The smallest absolute Gasteiger partial charge is 0.231 e. The number of pyridine rings is 1. The number of ether oxygens (including phenoxy) is 3. The molecule has 36 heavy (non-hydrogen) atoms. The number of aliphatic hydroxyl groups is 1. The van der Waals surface area contributed by atoms with E-state index >= 15 is 0 Å². The quantitative estimate of drug-likeness (QED) is 0.697. The Balaban J connectivity index is 1.36. The van der Waals surface area contributed by atoms with Gasteiger partial charge in [0.2, 0.25) is 6.79 Å². The molecule has 186 valence electrons. The van der Waals surface area contributed by atoms with Crippen molar-refractivity contribution in [1.82, 2.24) is 14.8 Å². The molecule has 0 aliphatic carbocycles. The minimum absolute atomic E-state index is 0.242. The van der Waals surface area contributed by atoms with Gasteiger partial charge in [-0.15, -0.1) is 0 Å². The molecule has 0 radical (unpaired) electrons. The van der Waals surface area contributed by atoms with Crippen LogP contribution in [0.2, 0.25) is 0 Å². The van der Waals surface area contributed by atoms with Crippen molar-refractivity contribution in [3.8, 4) is 11.5 Å². The Bertz CT molecular complexity index is 1390. The average molecular weight is 486 g/mol. The summed E-state index contributed by atoms with van der Waals surface area (Å²) in [7, 11) is 0. The van der Waals surface area contributed by atoms with Gasteiger partial charge >= 0.3 is 0 Å². The maximum atomic E-state index is 10.8. The number of piperidine rings is 1. The van der Waals surface area contributed by atoms with Gasteiger partial charge in [-0.2, -0.15) is 0 Å². The molecule has 0 saturated carbocycles. The molecule has 0 bridgehead atoms. The minimum Gasteiger partial charge on any atom is -0.491 e. The number of hydrogen-bond acceptors (Lipinski definition) is 7. The molecule has 1 aromatic carbocycles. The van der Waals surface area contributed by atoms with E-state index in [2.05, 4.69) is 42.0 Å². The summed E-state index contributed by atoms with van der Waals surface area (Å²) in [6, 6.07) is 4.72. The first kappa shape index (κ1) is 21.9. The van der Waals surface area contributed by atoms with Crippen LogP contribution in [0.4, 0.5) is 0 Å². The predicted molar refractivity (Wildman–Crippen MR) is 137 cm³/mol. The predicted octanol–water partition coefficient (Wildman–Crippen LogP) is 4.27. The second kappa shape index (κ2) is 8.11. The summed E-state index contributed by atoms with van der Waals surface area (Å²) in [5, 5.41) is 11.9. The van der Waals surface area contributed by atoms with E-state index in [1.54, 1.807) is 0 Å². The van der Waals surface area contributed by atoms with E-state index < -0.39 is 6.10 Å². The van der Waals surface area contributed by atoms with Gasteiger partial charge in [0.25, 0.3) is 0 Å². The summed E-state index contributed by atoms with van der Waals surface area (Å²) in [5.41, 5.74) is 7.99. The average Bonchev–Trinajstić information content (AvgIpc) is 3.48. The van der Waals surface area contributed by atoms with Crippen LogP contribution in [0.5, 0.6) is 11.5 Å². The number of fused-ring (bicyclic) bond motifs is 5. The molecule has 1 aromatic heterocycles. The molecule has 6 heterocycles. The van der Waals surface area contributed by atoms with Crippen molar-refractivity contribution in [2.24, 2.45) is 0 Å². The molecule has 1 N–H and O–H groups in total. The molecule has 0 spiro atoms. The zero-order valence-corrected chi connectivity index (χ0v) is 20.7. The minimum atomic E-state index is -0.862. The fourth-order valence-corrected chi connectivity index (χ4v) is 6.32. The van der Waals surface area contributed by atoms with E-state index in [4.69, 9.17) is 19.2 Å². The summed E-state index contributed by atoms with van der Waals surface area (Å²) >= 11 is 0. The Hall–Kier alpha value is -3.29. The number of aliphatic hydroxyl groups excluding tert-OH is 1. The van der Waals surface area contributed by atoms with Crippen molar-refractivity contribution < 1.29 is 19.3 Å². The third-order valence-corrected chi connectivity index (χ3v) is 8.45. The molecule has 1 saturated heterocycles. The van der Waals surface area contributed by atoms with Crippen molar-refractivity contribution >= 4 is 16.6 Å². The van der Waals surface area contributed by atoms with E-state index in [9.17, 15) is 5.11 Å². The van der Waals surface area contributed by atoms with E-state index in [0.717, 1.165) is 70.1 Å². The molecular formula is C29H31N3O4. The van der Waals surface area contributed by atoms with Crippen LogP contribution in [0.1, 0.15) is 43.0 Å². The Morgan fingerprint density at radius 2 is 1.97 bits per heavy atom. The summed E-state index contributed by atoms with van der Waals surface area (Å²) < 4.78 is 17.1. The van der Waals surface area contributed by atoms with Gasteiger partial charge < -0.3 is 29.1 Å². The summed E-state index contributed by atoms with van der Waals surface area (Å²) in [5.74, 6) is 1.90. The first-order chi connectivity index (χ1) is 17.5. The standard InChI is InChI=1S/C29H31N3O4/c1-16-6-4-5-8-31(16)9-7-19-20-11-26-27(36-15-35-26)12-24(20)30-28-22(19)13-32-17(2)23-14-34-18(3)29(33)21(23)10-25(28)32/h10-12,16,29,33H,2-9,13-15H2,1H3. The van der Waals surface area contributed by atoms with Crippen LogP contribution in [-0.4, -0.2) is 58.5 Å². The van der Waals surface area contributed by atoms with Crippen LogP contribution < -0.4 is 9.47 Å². The number of aromatic nitrogens is 1. The monoisotopic (exact) mass is 485 g/mol. The number of hydrogen-bond donors (Lipinski definition) is 1. The molecule has 7 rings (SSSR count). The highest BCUT2D eigenvalue weighted by molar-refractivity contribution is 5.91. The van der Waals surface area contributed by atoms with Crippen molar-refractivity contribution in [3.63, 3.8) is 0 Å². The molecule has 2 unspecified atom stereocenters. The fraction of sp³-hybridized carbons (Fsp3) is 0.414. The topological polar surface area (TPSA) is 67.3 Å². The normalized spacial score (nSPS) is 25.1. The number of benzene rings is 1. The van der Waals surface area contributed by atoms with Crippen molar-refractivity contribution in [3.05, 3.63) is 70.8 Å². The van der Waals surface area contributed by atoms with Gasteiger partial charge in [-0.05, 0) is 56.0 Å². The molecule has 7 nitrogen and oxygen atoms in total. The summed E-state index contributed by atoms with van der Waals surface area (Å²) in [4.78, 5) is 9.98. The lowest BCUT2D eigenvalue weighted by Gasteiger charge is -2.35. The highest BCUT2D eigenvalue weighted by Crippen LogP contribution is 2.47. The van der Waals surface area contributed by atoms with Gasteiger partial charge in [-0.1, -0.05) is 19.6 Å². The second-order valence-electron chi connectivity index (χ2n) is 10.4. The SMILES string of the molecule is C=C1OCC2=C(C=C3c4nc5cc6c(cc5c(CCN5CCCCC5C)c4CN3C2=C)OCO6)C1O. The molecular weight excluding hydrogens is 454 g/mol. The van der Waals surface area contributed by atoms with E-state index in [1.165, 1.54) is 30.4 Å². The first-order valence-corrected chi connectivity index (χ1v) is 12.9. The molecule has 1 fully saturated rings. The van der Waals surface area contributed by atoms with Gasteiger partial charge in [-0.3, -0.25) is 0 Å². The van der Waals surface area contributed by atoms with Crippen LogP contribution in [0.3, 0.4) is 0 Å². The van der Waals surface area contributed by atoms with Gasteiger partial charge in [0, 0.05) is 40.9 Å². The van der Waals surface area contributed by atoms with Crippen LogP contribution in [0, 0.1) is 0 Å². The molecule has 0 amide bonds. The van der Waals surface area contributed by atoms with Crippen LogP contribution in [0.25, 0.3) is 16.6 Å². The summed E-state index contributed by atoms with van der Waals surface area (Å²) in [6.45, 7) is 14.1. The maximum absolute atomic E-state index is 10.8. The zero-order chi connectivity index (χ0) is 24.6. The van der Waals surface area contributed by atoms with E-state index in [1.807, 2.05) is 6.07 Å². The highest BCUT2D eigenvalue weighted by atomic mass is 16.7. The van der Waals surface area contributed by atoms with Gasteiger partial charge in [-0.25, -0.2) is 4.98 Å². The lowest BCUT2D eigenvalue weighted by atomic mass is 9.92. The number of rotatable bonds is 3. The van der Waals surface area contributed by atoms with Gasteiger partial charge in [0.05, 0.1) is 23.5 Å². The molecule has 5 aliphatic heterocycles. The molecule has 5 aliphatic rings. The first-order valence-electron chi connectivity index (χ1n) is 12.9. The largest absolute Gasteiger partial charge is 0.491 e. The van der Waals surface area contributed by atoms with E-state index in [0.29, 0.717) is 25.0 Å². The number of likely N-dealkylation sites (tertiary alicyclic amines) is 1. The molecule has 7 heteroatoms. The number of nitrogens with zero attached hydrogens (tertiary/aromatic N) is 3. The van der Waals surface area contributed by atoms with Crippen LogP contribution in [0.15, 0.2) is 54.0 Å². The van der Waals surface area contributed by atoms with Gasteiger partial charge in [0.15, 0.2) is 11.5 Å². The van der Waals surface area contributed by atoms with E-state index in [-0.39, 0.29) is 6.79 Å². The maximum Gasteiger partial charge on any atom is 0.231 e. The van der Waals surface area contributed by atoms with Crippen LogP contribution >= 0.6 is 0 Å². The summed E-state index contributed by atoms with van der Waals surface area (Å²) in [6.07, 6.45) is 5.98. The third-order valence-electron chi connectivity index (χ3n) is 8.45. The molecule has 2 aromatic rings. The Labute approximate surface area is 210 Å². The lowest BCUT2D eigenvalue weighted by Crippen LogP contribution is -2.38. The lowest BCUT2D eigenvalue weighted by molar-refractivity contribution is 0.118. The zero-order valence-electron chi connectivity index (χ0n) is 20.7. The van der Waals surface area contributed by atoms with Gasteiger partial charge in [0.1, 0.15) is 18.5 Å². The molecule has 2 atom stereocenters. The Kier molecular flexibility index (Phi) is 4.95. The van der Waals surface area contributed by atoms with Crippen molar-refractivity contribution in [1.29, 1.82) is 0 Å². The van der Waals surface area contributed by atoms with Crippen molar-refractivity contribution in [2.45, 2.75) is 51.3 Å².